The standard InChI is InChI=1S/C16H12N4O2/c17-7-8-20-11-12(13-4-1-2-5-14(13)20)10-18-19-16(21)15-6-3-9-22-15/h1-6,9-11H,8H2,(H,19,21)/b18-10+. The summed E-state index contributed by atoms with van der Waals surface area (Å²) in [5, 5.41) is 13.8. The van der Waals surface area contributed by atoms with Gasteiger partial charge in [-0.3, -0.25) is 4.79 Å². The van der Waals surface area contributed by atoms with Gasteiger partial charge in [-0.25, -0.2) is 5.43 Å². The number of hydrazone groups is 1. The van der Waals surface area contributed by atoms with E-state index in [-0.39, 0.29) is 12.3 Å². The molecule has 0 spiro atoms. The van der Waals surface area contributed by atoms with Crippen LogP contribution in [0.2, 0.25) is 0 Å². The number of rotatable bonds is 4. The van der Waals surface area contributed by atoms with Gasteiger partial charge in [0.1, 0.15) is 6.54 Å². The molecule has 0 radical (unpaired) electrons. The van der Waals surface area contributed by atoms with E-state index in [9.17, 15) is 4.79 Å². The van der Waals surface area contributed by atoms with Gasteiger partial charge in [-0.1, -0.05) is 18.2 Å². The second-order valence-corrected chi connectivity index (χ2v) is 4.56. The number of para-hydroxylation sites is 1. The molecule has 0 aliphatic rings. The molecular formula is C16H12N4O2. The molecule has 1 amide bonds. The zero-order valence-corrected chi connectivity index (χ0v) is 11.6. The molecule has 3 aromatic rings. The fourth-order valence-corrected chi connectivity index (χ4v) is 2.21. The first-order valence-electron chi connectivity index (χ1n) is 6.61. The summed E-state index contributed by atoms with van der Waals surface area (Å²) < 4.78 is 6.82. The predicted octanol–water partition coefficient (Wildman–Crippen LogP) is 2.52. The summed E-state index contributed by atoms with van der Waals surface area (Å²) in [6.07, 6.45) is 4.81. The number of amides is 1. The molecule has 2 heterocycles. The number of furan rings is 1. The van der Waals surface area contributed by atoms with E-state index < -0.39 is 5.91 Å². The van der Waals surface area contributed by atoms with Crippen molar-refractivity contribution in [3.8, 4) is 6.07 Å². The Labute approximate surface area is 126 Å². The summed E-state index contributed by atoms with van der Waals surface area (Å²) >= 11 is 0. The molecule has 6 nitrogen and oxygen atoms in total. The maximum atomic E-state index is 11.7. The third kappa shape index (κ3) is 2.60. The van der Waals surface area contributed by atoms with Gasteiger partial charge in [-0.05, 0) is 18.2 Å². The van der Waals surface area contributed by atoms with Crippen LogP contribution in [0, 0.1) is 11.3 Å². The summed E-state index contributed by atoms with van der Waals surface area (Å²) in [6, 6.07) is 13.0. The molecule has 0 saturated carbocycles. The summed E-state index contributed by atoms with van der Waals surface area (Å²) in [5.74, 6) is -0.217. The Bertz CT molecular complexity index is 869. The number of carbonyl (C=O) groups is 1. The number of benzene rings is 1. The molecule has 22 heavy (non-hydrogen) atoms. The van der Waals surface area contributed by atoms with Crippen LogP contribution in [0.5, 0.6) is 0 Å². The summed E-state index contributed by atoms with van der Waals surface area (Å²) in [5.41, 5.74) is 4.17. The van der Waals surface area contributed by atoms with Crippen molar-refractivity contribution in [2.24, 2.45) is 5.10 Å². The van der Waals surface area contributed by atoms with Gasteiger partial charge in [0.05, 0.1) is 18.5 Å². The fraction of sp³-hybridized carbons (Fsp3) is 0.0625. The summed E-state index contributed by atoms with van der Waals surface area (Å²) in [7, 11) is 0. The van der Waals surface area contributed by atoms with E-state index in [1.807, 2.05) is 35.0 Å². The van der Waals surface area contributed by atoms with Gasteiger partial charge in [0.2, 0.25) is 0 Å². The lowest BCUT2D eigenvalue weighted by molar-refractivity contribution is 0.0927. The molecule has 2 aromatic heterocycles. The van der Waals surface area contributed by atoms with Gasteiger partial charge in [0.25, 0.3) is 0 Å². The quantitative estimate of drug-likeness (QED) is 0.592. The van der Waals surface area contributed by atoms with Gasteiger partial charge in [-0.2, -0.15) is 10.4 Å². The predicted molar refractivity (Wildman–Crippen MR) is 81.3 cm³/mol. The smallest absolute Gasteiger partial charge is 0.307 e. The summed E-state index contributed by atoms with van der Waals surface area (Å²) in [6.45, 7) is 0.257. The van der Waals surface area contributed by atoms with Crippen molar-refractivity contribution < 1.29 is 9.21 Å². The van der Waals surface area contributed by atoms with Crippen LogP contribution in [0.15, 0.2) is 58.4 Å². The van der Waals surface area contributed by atoms with Crippen molar-refractivity contribution in [1.29, 1.82) is 5.26 Å². The van der Waals surface area contributed by atoms with Crippen LogP contribution in [-0.4, -0.2) is 16.7 Å². The first-order chi connectivity index (χ1) is 10.8. The van der Waals surface area contributed by atoms with E-state index in [1.54, 1.807) is 18.3 Å². The minimum atomic E-state index is -0.415. The van der Waals surface area contributed by atoms with Crippen LogP contribution in [0.25, 0.3) is 10.9 Å². The molecule has 0 bridgehead atoms. The molecule has 1 aromatic carbocycles. The molecule has 0 unspecified atom stereocenters. The van der Waals surface area contributed by atoms with Gasteiger partial charge in [-0.15, -0.1) is 0 Å². The maximum Gasteiger partial charge on any atom is 0.307 e. The van der Waals surface area contributed by atoms with Crippen LogP contribution in [0.3, 0.4) is 0 Å². The molecule has 0 fully saturated rings. The molecule has 3 rings (SSSR count). The molecule has 0 saturated heterocycles. The number of aromatic nitrogens is 1. The second kappa shape index (κ2) is 5.97. The molecule has 0 atom stereocenters. The molecule has 6 heteroatoms. The number of nitrogens with zero attached hydrogens (tertiary/aromatic N) is 3. The van der Waals surface area contributed by atoms with Crippen LogP contribution in [0.1, 0.15) is 16.1 Å². The van der Waals surface area contributed by atoms with Crippen LogP contribution in [-0.2, 0) is 6.54 Å². The maximum absolute atomic E-state index is 11.7. The van der Waals surface area contributed by atoms with E-state index >= 15 is 0 Å². The Morgan fingerprint density at radius 1 is 1.36 bits per heavy atom. The SMILES string of the molecule is N#CCn1cc(/C=N/NC(=O)c2ccco2)c2ccccc21. The van der Waals surface area contributed by atoms with Crippen molar-refractivity contribution >= 4 is 23.0 Å². The van der Waals surface area contributed by atoms with Crippen LogP contribution >= 0.6 is 0 Å². The Morgan fingerprint density at radius 3 is 3.00 bits per heavy atom. The first-order valence-corrected chi connectivity index (χ1v) is 6.61. The van der Waals surface area contributed by atoms with Gasteiger partial charge < -0.3 is 8.98 Å². The highest BCUT2D eigenvalue weighted by Gasteiger charge is 2.08. The van der Waals surface area contributed by atoms with E-state index in [4.69, 9.17) is 9.68 Å². The largest absolute Gasteiger partial charge is 0.459 e. The van der Waals surface area contributed by atoms with Crippen molar-refractivity contribution in [1.82, 2.24) is 9.99 Å². The van der Waals surface area contributed by atoms with Crippen LogP contribution in [0.4, 0.5) is 0 Å². The lowest BCUT2D eigenvalue weighted by Gasteiger charge is -1.96. The van der Waals surface area contributed by atoms with E-state index in [2.05, 4.69) is 16.6 Å². The van der Waals surface area contributed by atoms with E-state index in [1.165, 1.54) is 6.26 Å². The van der Waals surface area contributed by atoms with E-state index in [0.717, 1.165) is 16.5 Å². The third-order valence-electron chi connectivity index (χ3n) is 3.18. The molecule has 1 N–H and O–H groups in total. The molecule has 0 aliphatic heterocycles. The van der Waals surface area contributed by atoms with Gasteiger partial charge in [0, 0.05) is 22.7 Å². The third-order valence-corrected chi connectivity index (χ3v) is 3.18. The normalized spacial score (nSPS) is 10.9. The number of carbonyl (C=O) groups excluding carboxylic acids is 1. The van der Waals surface area contributed by atoms with Crippen molar-refractivity contribution in [3.63, 3.8) is 0 Å². The molecule has 108 valence electrons. The molecule has 0 aliphatic carbocycles. The lowest BCUT2D eigenvalue weighted by Crippen LogP contribution is -2.16. The van der Waals surface area contributed by atoms with Gasteiger partial charge >= 0.3 is 5.91 Å². The summed E-state index contributed by atoms with van der Waals surface area (Å²) in [4.78, 5) is 11.7. The molecular weight excluding hydrogens is 280 g/mol. The first kappa shape index (κ1) is 13.6. The van der Waals surface area contributed by atoms with E-state index in [0.29, 0.717) is 0 Å². The zero-order valence-electron chi connectivity index (χ0n) is 11.6. The minimum Gasteiger partial charge on any atom is -0.459 e. The Morgan fingerprint density at radius 2 is 2.23 bits per heavy atom. The average molecular weight is 292 g/mol. The Balaban J connectivity index is 1.83. The zero-order chi connectivity index (χ0) is 15.4. The number of fused-ring (bicyclic) bond motifs is 1. The Kier molecular flexibility index (Phi) is 3.70. The topological polar surface area (TPSA) is 83.3 Å². The highest BCUT2D eigenvalue weighted by atomic mass is 16.3. The number of nitriles is 1. The van der Waals surface area contributed by atoms with Crippen molar-refractivity contribution in [2.75, 3.05) is 0 Å². The Hall–Kier alpha value is -3.33. The number of hydrogen-bond donors (Lipinski definition) is 1. The number of hydrogen-bond acceptors (Lipinski definition) is 4. The number of nitrogens with one attached hydrogen (secondary N) is 1. The fourth-order valence-electron chi connectivity index (χ4n) is 2.21. The second-order valence-electron chi connectivity index (χ2n) is 4.56. The highest BCUT2D eigenvalue weighted by molar-refractivity contribution is 6.00. The van der Waals surface area contributed by atoms with Gasteiger partial charge in [0.15, 0.2) is 5.76 Å². The lowest BCUT2D eigenvalue weighted by atomic mass is 10.2. The minimum absolute atomic E-state index is 0.198. The van der Waals surface area contributed by atoms with Crippen molar-refractivity contribution in [2.45, 2.75) is 6.54 Å². The van der Waals surface area contributed by atoms with Crippen molar-refractivity contribution in [3.05, 3.63) is 60.2 Å². The van der Waals surface area contributed by atoms with Crippen LogP contribution < -0.4 is 5.43 Å². The highest BCUT2D eigenvalue weighted by Crippen LogP contribution is 2.19. The monoisotopic (exact) mass is 292 g/mol. The average Bonchev–Trinajstić information content (AvgIpc) is 3.17.